The summed E-state index contributed by atoms with van der Waals surface area (Å²) in [6, 6.07) is 0. The summed E-state index contributed by atoms with van der Waals surface area (Å²) < 4.78 is 20.6. The van der Waals surface area contributed by atoms with Gasteiger partial charge in [0.25, 0.3) is 0 Å². The van der Waals surface area contributed by atoms with Gasteiger partial charge in [0.1, 0.15) is 12.9 Å². The van der Waals surface area contributed by atoms with E-state index in [1.54, 1.807) is 20.1 Å². The number of cyclic esters (lactones) is 1. The molecule has 0 saturated carbocycles. The minimum Gasteiger partial charge on any atom is -0.452 e. The van der Waals surface area contributed by atoms with Crippen molar-refractivity contribution in [2.24, 2.45) is 0 Å². The van der Waals surface area contributed by atoms with Crippen LogP contribution in [-0.4, -0.2) is 45.3 Å². The Kier molecular flexibility index (Phi) is 5.90. The molecule has 1 aliphatic heterocycles. The average Bonchev–Trinajstić information content (AvgIpc) is 2.30. The fourth-order valence-corrected chi connectivity index (χ4v) is 1.36. The first-order chi connectivity index (χ1) is 8.15. The second-order valence-electron chi connectivity index (χ2n) is 3.71. The van der Waals surface area contributed by atoms with Crippen LogP contribution in [0.3, 0.4) is 0 Å². The van der Waals surface area contributed by atoms with E-state index >= 15 is 0 Å². The summed E-state index contributed by atoms with van der Waals surface area (Å²) in [6.07, 6.45) is 2.22. The molecule has 2 atom stereocenters. The number of esters is 1. The van der Waals surface area contributed by atoms with Crippen LogP contribution in [0.25, 0.3) is 0 Å². The molecule has 0 saturated heterocycles. The minimum absolute atomic E-state index is 0.125. The predicted molar refractivity (Wildman–Crippen MR) is 61.4 cm³/mol. The van der Waals surface area contributed by atoms with E-state index in [1.807, 2.05) is 0 Å². The van der Waals surface area contributed by atoms with Crippen LogP contribution in [0.2, 0.25) is 0 Å². The van der Waals surface area contributed by atoms with Crippen molar-refractivity contribution in [3.8, 4) is 0 Å². The van der Waals surface area contributed by atoms with Gasteiger partial charge in [-0.3, -0.25) is 0 Å². The zero-order chi connectivity index (χ0) is 12.7. The van der Waals surface area contributed by atoms with Crippen molar-refractivity contribution in [3.05, 3.63) is 24.3 Å². The monoisotopic (exact) mass is 242 g/mol. The Balaban J connectivity index is 2.36. The van der Waals surface area contributed by atoms with Crippen LogP contribution in [0, 0.1) is 0 Å². The summed E-state index contributed by atoms with van der Waals surface area (Å²) in [5.41, 5.74) is 0.740. The van der Waals surface area contributed by atoms with E-state index in [2.05, 4.69) is 6.58 Å². The molecule has 0 aromatic rings. The first kappa shape index (κ1) is 13.9. The zero-order valence-electron chi connectivity index (χ0n) is 10.2. The van der Waals surface area contributed by atoms with Gasteiger partial charge in [-0.05, 0) is 18.6 Å². The lowest BCUT2D eigenvalue weighted by Gasteiger charge is -2.27. The van der Waals surface area contributed by atoms with Crippen LogP contribution in [0.4, 0.5) is 0 Å². The van der Waals surface area contributed by atoms with Crippen molar-refractivity contribution in [1.82, 2.24) is 0 Å². The molecular weight excluding hydrogens is 224 g/mol. The Bertz CT molecular complexity index is 297. The van der Waals surface area contributed by atoms with Crippen molar-refractivity contribution in [2.45, 2.75) is 19.1 Å². The highest BCUT2D eigenvalue weighted by Gasteiger charge is 2.27. The Morgan fingerprint density at radius 1 is 1.53 bits per heavy atom. The second kappa shape index (κ2) is 7.21. The molecule has 5 heteroatoms. The first-order valence-corrected chi connectivity index (χ1v) is 5.37. The number of methoxy groups -OCH3 is 1. The van der Waals surface area contributed by atoms with Gasteiger partial charge in [0.15, 0.2) is 6.10 Å². The number of carbonyl (C=O) groups is 1. The fraction of sp³-hybridized carbons (Fsp3) is 0.583. The molecule has 5 nitrogen and oxygen atoms in total. The minimum atomic E-state index is -0.446. The number of hydrogen-bond donors (Lipinski definition) is 0. The lowest BCUT2D eigenvalue weighted by atomic mass is 10.1. The number of hydrogen-bond acceptors (Lipinski definition) is 5. The molecule has 1 aliphatic rings. The van der Waals surface area contributed by atoms with Gasteiger partial charge < -0.3 is 18.9 Å². The molecule has 0 radical (unpaired) electrons. The lowest BCUT2D eigenvalue weighted by molar-refractivity contribution is -0.157. The molecule has 0 spiro atoms. The molecule has 0 aliphatic carbocycles. The van der Waals surface area contributed by atoms with Gasteiger partial charge in [-0.1, -0.05) is 6.58 Å². The van der Waals surface area contributed by atoms with Crippen molar-refractivity contribution < 1.29 is 23.7 Å². The topological polar surface area (TPSA) is 54.0 Å². The van der Waals surface area contributed by atoms with E-state index in [-0.39, 0.29) is 18.9 Å². The number of rotatable bonds is 7. The second-order valence-corrected chi connectivity index (χ2v) is 3.71. The van der Waals surface area contributed by atoms with Crippen LogP contribution in [0.1, 0.15) is 6.92 Å². The van der Waals surface area contributed by atoms with Gasteiger partial charge in [0.05, 0.1) is 13.2 Å². The molecule has 0 aromatic carbocycles. The Morgan fingerprint density at radius 2 is 2.29 bits per heavy atom. The third kappa shape index (κ3) is 4.68. The highest BCUT2D eigenvalue weighted by Crippen LogP contribution is 2.18. The fourth-order valence-electron chi connectivity index (χ4n) is 1.36. The number of carbonyl (C=O) groups excluding carboxylic acids is 1. The molecule has 17 heavy (non-hydrogen) atoms. The molecule has 0 fully saturated rings. The molecule has 0 bridgehead atoms. The first-order valence-electron chi connectivity index (χ1n) is 5.37. The zero-order valence-corrected chi connectivity index (χ0v) is 10.2. The third-order valence-corrected chi connectivity index (χ3v) is 2.22. The Morgan fingerprint density at radius 3 is 2.94 bits per heavy atom. The smallest absolute Gasteiger partial charge is 0.331 e. The SMILES string of the molecule is C=C(C)C1OC(=O)C=CC1OCOCCOC. The largest absolute Gasteiger partial charge is 0.452 e. The quantitative estimate of drug-likeness (QED) is 0.289. The van der Waals surface area contributed by atoms with E-state index in [4.69, 9.17) is 18.9 Å². The summed E-state index contributed by atoms with van der Waals surface area (Å²) in [4.78, 5) is 11.1. The Labute approximate surface area is 101 Å². The maximum absolute atomic E-state index is 11.1. The molecule has 2 unspecified atom stereocenters. The van der Waals surface area contributed by atoms with E-state index in [0.29, 0.717) is 13.2 Å². The van der Waals surface area contributed by atoms with Gasteiger partial charge in [-0.15, -0.1) is 0 Å². The molecule has 0 aromatic heterocycles. The van der Waals surface area contributed by atoms with E-state index < -0.39 is 6.10 Å². The number of ether oxygens (including phenoxy) is 4. The van der Waals surface area contributed by atoms with Gasteiger partial charge in [0.2, 0.25) is 0 Å². The van der Waals surface area contributed by atoms with E-state index in [1.165, 1.54) is 6.08 Å². The molecule has 0 amide bonds. The Hall–Kier alpha value is -1.17. The maximum Gasteiger partial charge on any atom is 0.331 e. The molecular formula is C12H18O5. The van der Waals surface area contributed by atoms with E-state index in [0.717, 1.165) is 5.57 Å². The average molecular weight is 242 g/mol. The maximum atomic E-state index is 11.1. The summed E-state index contributed by atoms with van der Waals surface area (Å²) in [5.74, 6) is -0.377. The molecule has 1 rings (SSSR count). The van der Waals surface area contributed by atoms with Gasteiger partial charge in [0, 0.05) is 13.2 Å². The molecule has 1 heterocycles. The van der Waals surface area contributed by atoms with Crippen molar-refractivity contribution in [1.29, 1.82) is 0 Å². The van der Waals surface area contributed by atoms with Crippen LogP contribution >= 0.6 is 0 Å². The molecule has 0 N–H and O–H groups in total. The summed E-state index contributed by atoms with van der Waals surface area (Å²) in [6.45, 7) is 6.66. The summed E-state index contributed by atoms with van der Waals surface area (Å²) in [5, 5.41) is 0. The van der Waals surface area contributed by atoms with Crippen molar-refractivity contribution >= 4 is 5.97 Å². The van der Waals surface area contributed by atoms with E-state index in [9.17, 15) is 4.79 Å². The standard InChI is InChI=1S/C12H18O5/c1-9(2)12-10(4-5-11(13)17-12)16-8-15-7-6-14-3/h4-5,10,12H,1,6-8H2,2-3H3. The summed E-state index contributed by atoms with van der Waals surface area (Å²) in [7, 11) is 1.60. The third-order valence-electron chi connectivity index (χ3n) is 2.22. The van der Waals surface area contributed by atoms with Gasteiger partial charge in [-0.25, -0.2) is 4.79 Å². The summed E-state index contributed by atoms with van der Waals surface area (Å²) >= 11 is 0. The highest BCUT2D eigenvalue weighted by molar-refractivity contribution is 5.83. The van der Waals surface area contributed by atoms with Crippen molar-refractivity contribution in [2.75, 3.05) is 27.1 Å². The predicted octanol–water partition coefficient (Wildman–Crippen LogP) is 1.05. The van der Waals surface area contributed by atoms with Gasteiger partial charge in [-0.2, -0.15) is 0 Å². The molecule has 96 valence electrons. The highest BCUT2D eigenvalue weighted by atomic mass is 16.7. The van der Waals surface area contributed by atoms with Gasteiger partial charge >= 0.3 is 5.97 Å². The normalized spacial score (nSPS) is 23.5. The lowest BCUT2D eigenvalue weighted by Crippen LogP contribution is -2.36. The van der Waals surface area contributed by atoms with Crippen LogP contribution in [0.5, 0.6) is 0 Å². The van der Waals surface area contributed by atoms with Crippen molar-refractivity contribution in [3.63, 3.8) is 0 Å². The van der Waals surface area contributed by atoms with Crippen LogP contribution in [0.15, 0.2) is 24.3 Å². The van der Waals surface area contributed by atoms with Crippen LogP contribution < -0.4 is 0 Å². The van der Waals surface area contributed by atoms with Crippen LogP contribution in [-0.2, 0) is 23.7 Å².